The third-order valence-electron chi connectivity index (χ3n) is 6.62. The molecular weight excluding hydrogens is 392 g/mol. The van der Waals surface area contributed by atoms with Gasteiger partial charge in [0.05, 0.1) is 12.6 Å². The zero-order chi connectivity index (χ0) is 21.2. The third kappa shape index (κ3) is 2.31. The van der Waals surface area contributed by atoms with Crippen LogP contribution in [-0.4, -0.2) is 17.1 Å². The SMILES string of the molecule is COc1cccc(-c2c3ccc4c5ccccc5[nH]c4c3cc3[nH]c4ccccc4c23)c1. The van der Waals surface area contributed by atoms with Crippen LogP contribution in [0.25, 0.3) is 65.5 Å². The van der Waals surface area contributed by atoms with E-state index in [0.29, 0.717) is 0 Å². The minimum Gasteiger partial charge on any atom is -0.497 e. The molecule has 0 bridgehead atoms. The number of para-hydroxylation sites is 2. The van der Waals surface area contributed by atoms with Gasteiger partial charge in [0.15, 0.2) is 0 Å². The summed E-state index contributed by atoms with van der Waals surface area (Å²) < 4.78 is 5.57. The molecular formula is C29H20N2O. The van der Waals surface area contributed by atoms with E-state index in [-0.39, 0.29) is 0 Å². The molecule has 32 heavy (non-hydrogen) atoms. The van der Waals surface area contributed by atoms with Gasteiger partial charge in [-0.3, -0.25) is 0 Å². The normalized spacial score (nSPS) is 11.9. The standard InChI is InChI=1S/C29H20N2O/c1-32-18-8-6-7-17(15-18)27-20-13-14-21-19-9-2-4-11-24(19)31-29(21)23(20)16-26-28(27)22-10-3-5-12-25(22)30-26/h2-16,30-31H,1H3. The number of aromatic amines is 2. The Morgan fingerprint density at radius 2 is 1.31 bits per heavy atom. The molecule has 0 fully saturated rings. The Morgan fingerprint density at radius 3 is 2.16 bits per heavy atom. The van der Waals surface area contributed by atoms with Crippen molar-refractivity contribution in [1.82, 2.24) is 9.97 Å². The van der Waals surface area contributed by atoms with Gasteiger partial charge in [0, 0.05) is 43.5 Å². The molecule has 0 spiro atoms. The first-order chi connectivity index (χ1) is 15.8. The zero-order valence-electron chi connectivity index (χ0n) is 17.6. The zero-order valence-corrected chi connectivity index (χ0v) is 17.6. The van der Waals surface area contributed by atoms with Crippen LogP contribution in [0, 0.1) is 0 Å². The average Bonchev–Trinajstić information content (AvgIpc) is 3.41. The van der Waals surface area contributed by atoms with E-state index in [1.807, 2.05) is 6.07 Å². The van der Waals surface area contributed by atoms with Crippen molar-refractivity contribution in [1.29, 1.82) is 0 Å². The molecule has 3 nitrogen and oxygen atoms in total. The first-order valence-corrected chi connectivity index (χ1v) is 10.8. The van der Waals surface area contributed by atoms with Crippen LogP contribution in [0.15, 0.2) is 91.0 Å². The Kier molecular flexibility index (Phi) is 3.48. The predicted octanol–water partition coefficient (Wildman–Crippen LogP) is 7.78. The van der Waals surface area contributed by atoms with E-state index in [0.717, 1.165) is 27.9 Å². The Labute approximate surface area is 184 Å². The number of nitrogens with one attached hydrogen (secondary N) is 2. The van der Waals surface area contributed by atoms with Crippen LogP contribution in [0.2, 0.25) is 0 Å². The molecule has 7 rings (SSSR count). The number of rotatable bonds is 2. The molecule has 2 N–H and O–H groups in total. The number of H-pyrrole nitrogens is 2. The van der Waals surface area contributed by atoms with E-state index in [2.05, 4.69) is 94.9 Å². The molecule has 0 saturated carbocycles. The molecule has 7 aromatic rings. The monoisotopic (exact) mass is 412 g/mol. The lowest BCUT2D eigenvalue weighted by molar-refractivity contribution is 0.415. The molecule has 0 aliphatic heterocycles. The molecule has 0 radical (unpaired) electrons. The van der Waals surface area contributed by atoms with Crippen LogP contribution >= 0.6 is 0 Å². The highest BCUT2D eigenvalue weighted by Gasteiger charge is 2.17. The molecule has 0 aliphatic rings. The second kappa shape index (κ2) is 6.38. The van der Waals surface area contributed by atoms with Gasteiger partial charge in [-0.2, -0.15) is 0 Å². The maximum Gasteiger partial charge on any atom is 0.119 e. The fourth-order valence-electron chi connectivity index (χ4n) is 5.21. The number of ether oxygens (including phenoxy) is 1. The summed E-state index contributed by atoms with van der Waals surface area (Å²) in [5.74, 6) is 0.860. The molecule has 2 heterocycles. The van der Waals surface area contributed by atoms with Gasteiger partial charge in [0.1, 0.15) is 5.75 Å². The summed E-state index contributed by atoms with van der Waals surface area (Å²) in [7, 11) is 1.72. The number of methoxy groups -OCH3 is 1. The summed E-state index contributed by atoms with van der Waals surface area (Å²) in [4.78, 5) is 7.34. The summed E-state index contributed by atoms with van der Waals surface area (Å²) in [6, 6.07) is 32.2. The van der Waals surface area contributed by atoms with E-state index in [4.69, 9.17) is 4.74 Å². The molecule has 0 atom stereocenters. The van der Waals surface area contributed by atoms with Crippen molar-refractivity contribution in [3.8, 4) is 16.9 Å². The van der Waals surface area contributed by atoms with E-state index in [1.165, 1.54) is 43.4 Å². The second-order valence-electron chi connectivity index (χ2n) is 8.33. The van der Waals surface area contributed by atoms with Crippen LogP contribution < -0.4 is 4.74 Å². The minimum absolute atomic E-state index is 0.860. The predicted molar refractivity (Wildman–Crippen MR) is 135 cm³/mol. The van der Waals surface area contributed by atoms with Crippen molar-refractivity contribution in [2.75, 3.05) is 7.11 Å². The molecule has 152 valence electrons. The Balaban J connectivity index is 1.73. The Morgan fingerprint density at radius 1 is 0.562 bits per heavy atom. The lowest BCUT2D eigenvalue weighted by Crippen LogP contribution is -1.88. The highest BCUT2D eigenvalue weighted by Crippen LogP contribution is 2.43. The second-order valence-corrected chi connectivity index (χ2v) is 8.33. The smallest absolute Gasteiger partial charge is 0.119 e. The van der Waals surface area contributed by atoms with E-state index in [9.17, 15) is 0 Å². The van der Waals surface area contributed by atoms with Gasteiger partial charge in [-0.15, -0.1) is 0 Å². The number of benzene rings is 5. The largest absolute Gasteiger partial charge is 0.497 e. The molecule has 3 heteroatoms. The number of hydrogen-bond acceptors (Lipinski definition) is 1. The van der Waals surface area contributed by atoms with Gasteiger partial charge in [0.25, 0.3) is 0 Å². The summed E-state index contributed by atoms with van der Waals surface area (Å²) in [5.41, 5.74) is 7.01. The number of aromatic nitrogens is 2. The quantitative estimate of drug-likeness (QED) is 0.299. The molecule has 0 amide bonds. The first kappa shape index (κ1) is 17.4. The summed E-state index contributed by atoms with van der Waals surface area (Å²) in [6.45, 7) is 0. The highest BCUT2D eigenvalue weighted by molar-refractivity contribution is 6.27. The van der Waals surface area contributed by atoms with E-state index < -0.39 is 0 Å². The van der Waals surface area contributed by atoms with Crippen molar-refractivity contribution < 1.29 is 4.74 Å². The van der Waals surface area contributed by atoms with Crippen LogP contribution in [0.5, 0.6) is 5.75 Å². The van der Waals surface area contributed by atoms with Crippen molar-refractivity contribution >= 4 is 54.4 Å². The highest BCUT2D eigenvalue weighted by atomic mass is 16.5. The lowest BCUT2D eigenvalue weighted by Gasteiger charge is -2.12. The summed E-state index contributed by atoms with van der Waals surface area (Å²) >= 11 is 0. The van der Waals surface area contributed by atoms with Gasteiger partial charge >= 0.3 is 0 Å². The number of fused-ring (bicyclic) bond motifs is 8. The Hall–Kier alpha value is -4.24. The van der Waals surface area contributed by atoms with E-state index >= 15 is 0 Å². The maximum absolute atomic E-state index is 5.57. The van der Waals surface area contributed by atoms with E-state index in [1.54, 1.807) is 7.11 Å². The molecule has 0 saturated heterocycles. The molecule has 0 unspecified atom stereocenters. The lowest BCUT2D eigenvalue weighted by atomic mass is 9.92. The van der Waals surface area contributed by atoms with Gasteiger partial charge in [0.2, 0.25) is 0 Å². The molecule has 2 aromatic heterocycles. The Bertz CT molecular complexity index is 1820. The van der Waals surface area contributed by atoms with Crippen molar-refractivity contribution in [2.24, 2.45) is 0 Å². The van der Waals surface area contributed by atoms with Gasteiger partial charge in [-0.25, -0.2) is 0 Å². The van der Waals surface area contributed by atoms with Gasteiger partial charge in [-0.05, 0) is 46.8 Å². The van der Waals surface area contributed by atoms with Crippen molar-refractivity contribution in [2.45, 2.75) is 0 Å². The van der Waals surface area contributed by atoms with Gasteiger partial charge in [-0.1, -0.05) is 60.7 Å². The minimum atomic E-state index is 0.860. The fourth-order valence-corrected chi connectivity index (χ4v) is 5.21. The summed E-state index contributed by atoms with van der Waals surface area (Å²) in [5, 5.41) is 7.44. The van der Waals surface area contributed by atoms with Crippen LogP contribution in [-0.2, 0) is 0 Å². The molecule has 5 aromatic carbocycles. The third-order valence-corrected chi connectivity index (χ3v) is 6.62. The van der Waals surface area contributed by atoms with Crippen molar-refractivity contribution in [3.63, 3.8) is 0 Å². The fraction of sp³-hybridized carbons (Fsp3) is 0.0345. The maximum atomic E-state index is 5.57. The van der Waals surface area contributed by atoms with Crippen molar-refractivity contribution in [3.05, 3.63) is 91.0 Å². The van der Waals surface area contributed by atoms with Crippen LogP contribution in [0.3, 0.4) is 0 Å². The van der Waals surface area contributed by atoms with Crippen LogP contribution in [0.4, 0.5) is 0 Å². The van der Waals surface area contributed by atoms with Gasteiger partial charge < -0.3 is 14.7 Å². The topological polar surface area (TPSA) is 40.8 Å². The van der Waals surface area contributed by atoms with Crippen LogP contribution in [0.1, 0.15) is 0 Å². The first-order valence-electron chi connectivity index (χ1n) is 10.8. The summed E-state index contributed by atoms with van der Waals surface area (Å²) in [6.07, 6.45) is 0. The number of hydrogen-bond donors (Lipinski definition) is 2. The molecule has 0 aliphatic carbocycles. The average molecular weight is 412 g/mol.